The minimum absolute atomic E-state index is 0. The third-order valence-electron chi connectivity index (χ3n) is 7.42. The molecule has 0 bridgehead atoms. The van der Waals surface area contributed by atoms with Crippen molar-refractivity contribution in [2.75, 3.05) is 7.05 Å². The molecule has 0 atom stereocenters. The summed E-state index contributed by atoms with van der Waals surface area (Å²) in [5.41, 5.74) is 3.90. The Balaban J connectivity index is 0.00000304. The summed E-state index contributed by atoms with van der Waals surface area (Å²) >= 11 is 0. The molecule has 1 fully saturated rings. The van der Waals surface area contributed by atoms with Gasteiger partial charge in [0, 0.05) is 35.1 Å². The van der Waals surface area contributed by atoms with Crippen molar-refractivity contribution in [1.82, 2.24) is 14.5 Å². The molecule has 1 aliphatic rings. The van der Waals surface area contributed by atoms with Gasteiger partial charge in [0.15, 0.2) is 0 Å². The number of carbonyl (C=O) groups excluding carboxylic acids is 1. The zero-order valence-corrected chi connectivity index (χ0v) is 21.1. The number of rotatable bonds is 5. The molecule has 6 nitrogen and oxygen atoms in total. The number of carbonyl (C=O) groups is 2. The number of hydrogen-bond acceptors (Lipinski definition) is 3. The van der Waals surface area contributed by atoms with Gasteiger partial charge in [-0.05, 0) is 74.4 Å². The molecular weight excluding hydrogens is 481 g/mol. The van der Waals surface area contributed by atoms with Gasteiger partial charge in [-0.15, -0.1) is 12.4 Å². The van der Waals surface area contributed by atoms with Crippen LogP contribution < -0.4 is 0 Å². The maximum absolute atomic E-state index is 14.1. The highest BCUT2D eigenvalue weighted by Crippen LogP contribution is 2.41. The van der Waals surface area contributed by atoms with Crippen LogP contribution in [0.4, 0.5) is 4.39 Å². The van der Waals surface area contributed by atoms with Gasteiger partial charge in [-0.3, -0.25) is 9.59 Å². The molecule has 1 aliphatic carbocycles. The predicted molar refractivity (Wildman–Crippen MR) is 140 cm³/mol. The number of halogens is 2. The largest absolute Gasteiger partial charge is 0.480 e. The van der Waals surface area contributed by atoms with Gasteiger partial charge >= 0.3 is 5.97 Å². The van der Waals surface area contributed by atoms with E-state index in [-0.39, 0.29) is 42.6 Å². The number of amides is 1. The highest BCUT2D eigenvalue weighted by Gasteiger charge is 2.31. The van der Waals surface area contributed by atoms with Crippen molar-refractivity contribution < 1.29 is 19.1 Å². The van der Waals surface area contributed by atoms with Crippen molar-refractivity contribution in [3.05, 3.63) is 77.4 Å². The molecule has 2 aromatic heterocycles. The van der Waals surface area contributed by atoms with Crippen molar-refractivity contribution in [3.8, 4) is 0 Å². The lowest BCUT2D eigenvalue weighted by atomic mass is 9.80. The van der Waals surface area contributed by atoms with Gasteiger partial charge in [0.25, 0.3) is 5.91 Å². The second kappa shape index (κ2) is 10.3. The maximum atomic E-state index is 14.1. The normalized spacial score (nSPS) is 17.6. The average Bonchev–Trinajstić information content (AvgIpc) is 3.12. The maximum Gasteiger partial charge on any atom is 0.323 e. The number of hydrogen-bond donors (Lipinski definition) is 1. The molecule has 0 aliphatic heterocycles. The number of fused-ring (bicyclic) bond motifs is 2. The average molecular weight is 510 g/mol. The molecular formula is C28H29ClFN3O3. The number of carboxylic acids is 1. The van der Waals surface area contributed by atoms with Crippen LogP contribution in [0.2, 0.25) is 0 Å². The van der Waals surface area contributed by atoms with Crippen molar-refractivity contribution >= 4 is 46.1 Å². The molecule has 0 spiro atoms. The van der Waals surface area contributed by atoms with Gasteiger partial charge < -0.3 is 14.6 Å². The molecule has 188 valence electrons. The van der Waals surface area contributed by atoms with E-state index in [1.807, 2.05) is 44.3 Å². The SMILES string of the molecule is Cc1c(C2CCC(N(C)C(=O)c3ccc4ccccc4n3)CC2)c2cc(F)ccc2n1CC(=O)O.Cl. The van der Waals surface area contributed by atoms with Crippen LogP contribution in [-0.2, 0) is 11.3 Å². The van der Waals surface area contributed by atoms with Crippen molar-refractivity contribution in [2.24, 2.45) is 0 Å². The van der Waals surface area contributed by atoms with Crippen LogP contribution in [0.1, 0.15) is 53.3 Å². The highest BCUT2D eigenvalue weighted by molar-refractivity contribution is 5.95. The summed E-state index contributed by atoms with van der Waals surface area (Å²) < 4.78 is 15.9. The Bertz CT molecular complexity index is 1440. The molecule has 5 rings (SSSR count). The highest BCUT2D eigenvalue weighted by atomic mass is 35.5. The van der Waals surface area contributed by atoms with Gasteiger partial charge in [0.1, 0.15) is 18.1 Å². The van der Waals surface area contributed by atoms with Gasteiger partial charge in [0.2, 0.25) is 0 Å². The minimum atomic E-state index is -0.924. The fraction of sp³-hybridized carbons (Fsp3) is 0.321. The summed E-state index contributed by atoms with van der Waals surface area (Å²) in [7, 11) is 1.84. The molecule has 1 amide bonds. The summed E-state index contributed by atoms with van der Waals surface area (Å²) in [4.78, 5) is 31.0. The Hall–Kier alpha value is -3.45. The molecule has 2 aromatic carbocycles. The Morgan fingerprint density at radius 3 is 2.53 bits per heavy atom. The number of benzene rings is 2. The van der Waals surface area contributed by atoms with E-state index in [1.165, 1.54) is 12.1 Å². The van der Waals surface area contributed by atoms with Gasteiger partial charge in [-0.1, -0.05) is 24.3 Å². The topological polar surface area (TPSA) is 75.4 Å². The zero-order valence-electron chi connectivity index (χ0n) is 20.3. The van der Waals surface area contributed by atoms with E-state index in [0.717, 1.165) is 58.7 Å². The van der Waals surface area contributed by atoms with Crippen LogP contribution in [0.25, 0.3) is 21.8 Å². The number of pyridine rings is 1. The fourth-order valence-electron chi connectivity index (χ4n) is 5.62. The fourth-order valence-corrected chi connectivity index (χ4v) is 5.62. The molecule has 4 aromatic rings. The van der Waals surface area contributed by atoms with Crippen LogP contribution in [0, 0.1) is 12.7 Å². The van der Waals surface area contributed by atoms with Crippen LogP contribution in [0.3, 0.4) is 0 Å². The Kier molecular flexibility index (Phi) is 7.31. The van der Waals surface area contributed by atoms with E-state index in [1.54, 1.807) is 21.6 Å². The summed E-state index contributed by atoms with van der Waals surface area (Å²) in [6.07, 6.45) is 3.33. The van der Waals surface area contributed by atoms with Crippen molar-refractivity contribution in [1.29, 1.82) is 0 Å². The van der Waals surface area contributed by atoms with Crippen LogP contribution in [0.5, 0.6) is 0 Å². The van der Waals surface area contributed by atoms with Gasteiger partial charge in [-0.25, -0.2) is 9.37 Å². The molecule has 0 radical (unpaired) electrons. The first-order chi connectivity index (χ1) is 16.8. The van der Waals surface area contributed by atoms with E-state index in [9.17, 15) is 19.1 Å². The lowest BCUT2D eigenvalue weighted by molar-refractivity contribution is -0.137. The second-order valence-corrected chi connectivity index (χ2v) is 9.45. The molecule has 36 heavy (non-hydrogen) atoms. The standard InChI is InChI=1S/C28H28FN3O3.ClH/c1-17-27(22-15-20(29)10-14-25(22)32(17)16-26(33)34)19-7-11-21(12-8-19)31(2)28(35)24-13-9-18-5-3-4-6-23(18)30-24;/h3-6,9-10,13-15,19,21H,7-8,11-12,16H2,1-2H3,(H,33,34);1H. The minimum Gasteiger partial charge on any atom is -0.480 e. The lowest BCUT2D eigenvalue weighted by Crippen LogP contribution is -2.39. The first kappa shape index (κ1) is 25.6. The Labute approximate surface area is 215 Å². The van der Waals surface area contributed by atoms with E-state index >= 15 is 0 Å². The van der Waals surface area contributed by atoms with Gasteiger partial charge in [-0.2, -0.15) is 0 Å². The number of carboxylic acid groups (broad SMARTS) is 1. The predicted octanol–water partition coefficient (Wildman–Crippen LogP) is 5.94. The van der Waals surface area contributed by atoms with Crippen LogP contribution in [-0.4, -0.2) is 44.5 Å². The van der Waals surface area contributed by atoms with Crippen LogP contribution in [0.15, 0.2) is 54.6 Å². The lowest BCUT2D eigenvalue weighted by Gasteiger charge is -2.35. The smallest absolute Gasteiger partial charge is 0.323 e. The zero-order chi connectivity index (χ0) is 24.7. The third kappa shape index (κ3) is 4.67. The van der Waals surface area contributed by atoms with E-state index in [2.05, 4.69) is 4.98 Å². The quantitative estimate of drug-likeness (QED) is 0.361. The second-order valence-electron chi connectivity index (χ2n) is 9.45. The molecule has 1 saturated carbocycles. The van der Waals surface area contributed by atoms with E-state index in [4.69, 9.17) is 0 Å². The van der Waals surface area contributed by atoms with E-state index in [0.29, 0.717) is 5.69 Å². The van der Waals surface area contributed by atoms with Crippen molar-refractivity contribution in [2.45, 2.75) is 51.1 Å². The molecule has 0 unspecified atom stereocenters. The summed E-state index contributed by atoms with van der Waals surface area (Å²) in [6.45, 7) is 1.77. The number of nitrogens with zero attached hydrogens (tertiary/aromatic N) is 3. The number of aromatic nitrogens is 2. The summed E-state index contributed by atoms with van der Waals surface area (Å²) in [5, 5.41) is 11.2. The van der Waals surface area contributed by atoms with Crippen molar-refractivity contribution in [3.63, 3.8) is 0 Å². The molecule has 2 heterocycles. The first-order valence-electron chi connectivity index (χ1n) is 12.0. The Morgan fingerprint density at radius 1 is 1.08 bits per heavy atom. The third-order valence-corrected chi connectivity index (χ3v) is 7.42. The molecule has 8 heteroatoms. The molecule has 1 N–H and O–H groups in total. The monoisotopic (exact) mass is 509 g/mol. The first-order valence-corrected chi connectivity index (χ1v) is 12.0. The Morgan fingerprint density at radius 2 is 1.81 bits per heavy atom. The van der Waals surface area contributed by atoms with Crippen LogP contribution >= 0.6 is 12.4 Å². The van der Waals surface area contributed by atoms with E-state index < -0.39 is 5.97 Å². The number of para-hydroxylation sites is 1. The number of aliphatic carboxylic acids is 1. The summed E-state index contributed by atoms with van der Waals surface area (Å²) in [6, 6.07) is 16.1. The summed E-state index contributed by atoms with van der Waals surface area (Å²) in [5.74, 6) is -1.15. The van der Waals surface area contributed by atoms with Gasteiger partial charge in [0.05, 0.1) is 5.52 Å². The molecule has 0 saturated heterocycles.